The smallest absolute Gasteiger partial charge is 0.191 e. The zero-order valence-corrected chi connectivity index (χ0v) is 17.0. The molecule has 0 saturated carbocycles. The lowest BCUT2D eigenvalue weighted by Crippen LogP contribution is -2.37. The summed E-state index contributed by atoms with van der Waals surface area (Å²) in [5.41, 5.74) is 1.97. The van der Waals surface area contributed by atoms with Crippen LogP contribution in [0.15, 0.2) is 29.3 Å². The van der Waals surface area contributed by atoms with Gasteiger partial charge in [0.05, 0.1) is 31.3 Å². The second kappa shape index (κ2) is 9.24. The van der Waals surface area contributed by atoms with Crippen molar-refractivity contribution in [3.63, 3.8) is 0 Å². The second-order valence-corrected chi connectivity index (χ2v) is 6.94. The summed E-state index contributed by atoms with van der Waals surface area (Å²) in [5.74, 6) is 2.28. The summed E-state index contributed by atoms with van der Waals surface area (Å²) in [4.78, 5) is 4.68. The van der Waals surface area contributed by atoms with Gasteiger partial charge in [0, 0.05) is 31.3 Å². The van der Waals surface area contributed by atoms with Crippen molar-refractivity contribution in [3.8, 4) is 11.5 Å². The zero-order chi connectivity index (χ0) is 19.2. The van der Waals surface area contributed by atoms with E-state index in [1.165, 1.54) is 0 Å². The van der Waals surface area contributed by atoms with Crippen LogP contribution >= 0.6 is 23.2 Å². The number of aromatic nitrogens is 1. The topological polar surface area (TPSA) is 59.8 Å². The first-order valence-electron chi connectivity index (χ1n) is 8.99. The van der Waals surface area contributed by atoms with Crippen molar-refractivity contribution in [1.29, 1.82) is 0 Å². The molecule has 8 heteroatoms. The van der Waals surface area contributed by atoms with E-state index in [1.54, 1.807) is 0 Å². The molecule has 1 aromatic heterocycles. The number of ether oxygens (including phenoxy) is 2. The molecule has 6 nitrogen and oxygen atoms in total. The Kier molecular flexibility index (Phi) is 6.74. The third kappa shape index (κ3) is 4.82. The molecule has 0 spiro atoms. The molecule has 1 aromatic carbocycles. The molecule has 1 aliphatic heterocycles. The minimum absolute atomic E-state index is 0.483. The summed E-state index contributed by atoms with van der Waals surface area (Å²) in [5, 5.41) is 7.63. The molecular formula is C19H24Cl2N4O2. The second-order valence-electron chi connectivity index (χ2n) is 6.18. The molecule has 1 aliphatic rings. The number of aliphatic imine (C=N–C) groups is 1. The van der Waals surface area contributed by atoms with Gasteiger partial charge in [-0.25, -0.2) is 4.99 Å². The van der Waals surface area contributed by atoms with E-state index in [9.17, 15) is 0 Å². The van der Waals surface area contributed by atoms with Crippen LogP contribution in [0, 0.1) is 0 Å². The highest BCUT2D eigenvalue weighted by atomic mass is 35.5. The lowest BCUT2D eigenvalue weighted by atomic mass is 10.2. The highest BCUT2D eigenvalue weighted by Gasteiger charge is 2.14. The molecule has 0 unspecified atom stereocenters. The largest absolute Gasteiger partial charge is 0.490 e. The number of para-hydroxylation sites is 1. The zero-order valence-electron chi connectivity index (χ0n) is 15.5. The fourth-order valence-electron chi connectivity index (χ4n) is 2.82. The summed E-state index contributed by atoms with van der Waals surface area (Å²) in [6, 6.07) is 7.76. The molecular weight excluding hydrogens is 387 g/mol. The van der Waals surface area contributed by atoms with E-state index in [4.69, 9.17) is 32.7 Å². The summed E-state index contributed by atoms with van der Waals surface area (Å²) in [6.07, 6.45) is 0.878. The Morgan fingerprint density at radius 3 is 2.78 bits per heavy atom. The van der Waals surface area contributed by atoms with E-state index in [0.717, 1.165) is 35.7 Å². The summed E-state index contributed by atoms with van der Waals surface area (Å²) in [6.45, 7) is 5.15. The fraction of sp³-hybridized carbons (Fsp3) is 0.421. The number of nitrogens with zero attached hydrogens (tertiary/aromatic N) is 2. The van der Waals surface area contributed by atoms with Crippen LogP contribution in [0.3, 0.4) is 0 Å². The van der Waals surface area contributed by atoms with Gasteiger partial charge in [0.1, 0.15) is 5.15 Å². The maximum atomic E-state index is 6.13. The highest BCUT2D eigenvalue weighted by Crippen LogP contribution is 2.33. The first kappa shape index (κ1) is 19.7. The van der Waals surface area contributed by atoms with E-state index < -0.39 is 0 Å². The van der Waals surface area contributed by atoms with E-state index in [0.29, 0.717) is 42.4 Å². The molecule has 0 amide bonds. The van der Waals surface area contributed by atoms with Crippen molar-refractivity contribution < 1.29 is 9.47 Å². The maximum Gasteiger partial charge on any atom is 0.191 e. The van der Waals surface area contributed by atoms with Gasteiger partial charge in [0.25, 0.3) is 0 Å². The number of nitrogens with one attached hydrogen (secondary N) is 2. The summed E-state index contributed by atoms with van der Waals surface area (Å²) < 4.78 is 13.5. The molecule has 0 fully saturated rings. The van der Waals surface area contributed by atoms with Crippen LogP contribution in [0.1, 0.15) is 24.6 Å². The molecule has 27 heavy (non-hydrogen) atoms. The summed E-state index contributed by atoms with van der Waals surface area (Å²) in [7, 11) is 1.88. The van der Waals surface area contributed by atoms with Gasteiger partial charge >= 0.3 is 0 Å². The number of halogens is 2. The Morgan fingerprint density at radius 1 is 1.22 bits per heavy atom. The highest BCUT2D eigenvalue weighted by molar-refractivity contribution is 6.41. The Labute approximate surface area is 169 Å². The van der Waals surface area contributed by atoms with Crippen LogP contribution in [0.4, 0.5) is 0 Å². The number of fused-ring (bicyclic) bond motifs is 1. The van der Waals surface area contributed by atoms with Crippen LogP contribution in [0.25, 0.3) is 0 Å². The van der Waals surface area contributed by atoms with Gasteiger partial charge in [0.15, 0.2) is 17.5 Å². The first-order chi connectivity index (χ1) is 13.1. The molecule has 2 aromatic rings. The Bertz CT molecular complexity index is 820. The van der Waals surface area contributed by atoms with Gasteiger partial charge in [-0.3, -0.25) is 0 Å². The summed E-state index contributed by atoms with van der Waals surface area (Å²) >= 11 is 12.2. The number of hydrogen-bond donors (Lipinski definition) is 2. The van der Waals surface area contributed by atoms with Crippen molar-refractivity contribution in [2.45, 2.75) is 26.4 Å². The predicted octanol–water partition coefficient (Wildman–Crippen LogP) is 3.75. The van der Waals surface area contributed by atoms with Crippen molar-refractivity contribution in [1.82, 2.24) is 15.2 Å². The van der Waals surface area contributed by atoms with Gasteiger partial charge in [-0.1, -0.05) is 35.3 Å². The molecule has 0 atom stereocenters. The lowest BCUT2D eigenvalue weighted by molar-refractivity contribution is 0.296. The monoisotopic (exact) mass is 410 g/mol. The van der Waals surface area contributed by atoms with Crippen LogP contribution in [0.5, 0.6) is 11.5 Å². The van der Waals surface area contributed by atoms with E-state index >= 15 is 0 Å². The molecule has 0 aliphatic carbocycles. The van der Waals surface area contributed by atoms with Crippen molar-refractivity contribution in [2.24, 2.45) is 12.0 Å². The van der Waals surface area contributed by atoms with Gasteiger partial charge in [-0.05, 0) is 19.1 Å². The third-order valence-corrected chi connectivity index (χ3v) is 5.10. The number of rotatable bonds is 5. The van der Waals surface area contributed by atoms with Crippen molar-refractivity contribution in [2.75, 3.05) is 19.8 Å². The average molecular weight is 411 g/mol. The van der Waals surface area contributed by atoms with Crippen LogP contribution < -0.4 is 20.1 Å². The fourth-order valence-corrected chi connectivity index (χ4v) is 3.23. The third-order valence-electron chi connectivity index (χ3n) is 4.26. The Morgan fingerprint density at radius 2 is 2.04 bits per heavy atom. The van der Waals surface area contributed by atoms with Crippen LogP contribution in [0.2, 0.25) is 10.2 Å². The van der Waals surface area contributed by atoms with Crippen LogP contribution in [-0.4, -0.2) is 30.3 Å². The van der Waals surface area contributed by atoms with Crippen LogP contribution in [-0.2, 0) is 20.1 Å². The van der Waals surface area contributed by atoms with Crippen molar-refractivity contribution in [3.05, 3.63) is 45.7 Å². The Hall–Kier alpha value is -2.05. The lowest BCUT2D eigenvalue weighted by Gasteiger charge is -2.14. The molecule has 2 N–H and O–H groups in total. The molecule has 2 heterocycles. The normalized spacial score (nSPS) is 14.0. The van der Waals surface area contributed by atoms with E-state index in [2.05, 4.69) is 15.6 Å². The van der Waals surface area contributed by atoms with Gasteiger partial charge in [-0.2, -0.15) is 0 Å². The predicted molar refractivity (Wildman–Crippen MR) is 109 cm³/mol. The van der Waals surface area contributed by atoms with Gasteiger partial charge < -0.3 is 24.7 Å². The molecule has 146 valence electrons. The Balaban J connectivity index is 1.71. The maximum absolute atomic E-state index is 6.13. The minimum atomic E-state index is 0.483. The van der Waals surface area contributed by atoms with E-state index in [1.807, 2.05) is 42.8 Å². The molecule has 0 radical (unpaired) electrons. The number of guanidine groups is 1. The molecule has 0 saturated heterocycles. The van der Waals surface area contributed by atoms with Crippen molar-refractivity contribution >= 4 is 29.2 Å². The average Bonchev–Trinajstić information content (AvgIpc) is 2.86. The number of hydrogen-bond acceptors (Lipinski definition) is 3. The molecule has 0 bridgehead atoms. The standard InChI is InChI=1S/C19H24Cl2N4O2/c1-3-22-19(24-12-14-10-15(20)18(21)25(14)2)23-11-13-6-4-7-16-17(13)27-9-5-8-26-16/h4,6-7,10H,3,5,8-9,11-12H2,1-2H3,(H2,22,23,24). The minimum Gasteiger partial charge on any atom is -0.490 e. The SMILES string of the molecule is CCNC(=NCc1cccc2c1OCCCO2)NCc1cc(Cl)c(Cl)n1C. The van der Waals surface area contributed by atoms with Gasteiger partial charge in [-0.15, -0.1) is 0 Å². The molecule has 3 rings (SSSR count). The number of benzene rings is 1. The van der Waals surface area contributed by atoms with E-state index in [-0.39, 0.29) is 0 Å². The van der Waals surface area contributed by atoms with Gasteiger partial charge in [0.2, 0.25) is 0 Å². The quantitative estimate of drug-likeness (QED) is 0.581. The first-order valence-corrected chi connectivity index (χ1v) is 9.75.